The zero-order valence-electron chi connectivity index (χ0n) is 20.3. The Morgan fingerprint density at radius 3 is 2.30 bits per heavy atom. The molecule has 0 aliphatic heterocycles. The molecule has 0 spiro atoms. The Hall–Kier alpha value is -4.15. The first-order valence-electron chi connectivity index (χ1n) is 10.8. The fourth-order valence-electron chi connectivity index (χ4n) is 2.95. The van der Waals surface area contributed by atoms with Gasteiger partial charge in [-0.25, -0.2) is 8.42 Å². The summed E-state index contributed by atoms with van der Waals surface area (Å²) in [6.07, 6.45) is 2.92. The van der Waals surface area contributed by atoms with Crippen molar-refractivity contribution in [3.8, 4) is 29.1 Å². The Morgan fingerprint density at radius 1 is 1.05 bits per heavy atom. The van der Waals surface area contributed by atoms with E-state index in [2.05, 4.69) is 14.7 Å². The van der Waals surface area contributed by atoms with Crippen molar-refractivity contribution in [1.82, 2.24) is 9.36 Å². The minimum Gasteiger partial charge on any atom is -0.493 e. The second kappa shape index (κ2) is 12.7. The second-order valence-electron chi connectivity index (χ2n) is 7.39. The molecule has 3 rings (SSSR count). The molecule has 0 saturated carbocycles. The molecule has 0 bridgehead atoms. The monoisotopic (exact) mass is 544 g/mol. The van der Waals surface area contributed by atoms with Crippen LogP contribution in [0.15, 0.2) is 53.2 Å². The highest BCUT2D eigenvalue weighted by atomic mass is 32.2. The van der Waals surface area contributed by atoms with Gasteiger partial charge in [-0.05, 0) is 35.9 Å². The Labute approximate surface area is 218 Å². The van der Waals surface area contributed by atoms with E-state index in [9.17, 15) is 18.5 Å². The van der Waals surface area contributed by atoms with Crippen LogP contribution in [-0.4, -0.2) is 57.4 Å². The number of para-hydroxylation sites is 2. The number of hydrogen-bond donors (Lipinski definition) is 1. The fraction of sp³-hybridized carbons (Fsp3) is 0.250. The van der Waals surface area contributed by atoms with E-state index in [4.69, 9.17) is 18.9 Å². The van der Waals surface area contributed by atoms with Crippen molar-refractivity contribution in [2.45, 2.75) is 11.6 Å². The zero-order valence-corrected chi connectivity index (χ0v) is 21.9. The molecule has 37 heavy (non-hydrogen) atoms. The molecule has 1 amide bonds. The van der Waals surface area contributed by atoms with Gasteiger partial charge < -0.3 is 18.9 Å². The number of sulfone groups is 1. The van der Waals surface area contributed by atoms with Gasteiger partial charge in [-0.15, -0.1) is 0 Å². The van der Waals surface area contributed by atoms with Crippen LogP contribution in [-0.2, 0) is 14.6 Å². The highest BCUT2D eigenvalue weighted by Crippen LogP contribution is 2.30. The molecule has 0 saturated heterocycles. The Kier molecular flexibility index (Phi) is 9.42. The third-order valence-electron chi connectivity index (χ3n) is 4.70. The summed E-state index contributed by atoms with van der Waals surface area (Å²) < 4.78 is 48.9. The van der Waals surface area contributed by atoms with Gasteiger partial charge in [0.1, 0.15) is 11.6 Å². The first-order valence-corrected chi connectivity index (χ1v) is 13.4. The molecule has 0 radical (unpaired) electrons. The van der Waals surface area contributed by atoms with Crippen molar-refractivity contribution in [3.63, 3.8) is 0 Å². The summed E-state index contributed by atoms with van der Waals surface area (Å²) in [5.74, 6) is 1.45. The summed E-state index contributed by atoms with van der Waals surface area (Å²) in [5, 5.41) is 11.4. The van der Waals surface area contributed by atoms with Gasteiger partial charge in [0.2, 0.25) is 15.0 Å². The Bertz CT molecular complexity index is 1430. The van der Waals surface area contributed by atoms with Crippen molar-refractivity contribution in [2.24, 2.45) is 0 Å². The lowest BCUT2D eigenvalue weighted by Crippen LogP contribution is -2.13. The van der Waals surface area contributed by atoms with Crippen molar-refractivity contribution < 1.29 is 32.2 Å². The van der Waals surface area contributed by atoms with E-state index >= 15 is 0 Å². The largest absolute Gasteiger partial charge is 0.493 e. The summed E-state index contributed by atoms with van der Waals surface area (Å²) >= 11 is 0.698. The molecule has 0 aliphatic rings. The topological polar surface area (TPSA) is 150 Å². The molecule has 1 N–H and O–H groups in total. The molecular weight excluding hydrogens is 520 g/mol. The van der Waals surface area contributed by atoms with E-state index in [1.807, 2.05) is 30.3 Å². The smallest absolute Gasteiger partial charge is 0.268 e. The number of aromatic nitrogens is 2. The number of nitrogens with one attached hydrogen (secondary N) is 1. The average molecular weight is 545 g/mol. The van der Waals surface area contributed by atoms with E-state index in [1.165, 1.54) is 13.2 Å². The lowest BCUT2D eigenvalue weighted by molar-refractivity contribution is -0.112. The highest BCUT2D eigenvalue weighted by molar-refractivity contribution is 7.90. The number of amides is 1. The van der Waals surface area contributed by atoms with Crippen molar-refractivity contribution in [1.29, 1.82) is 5.26 Å². The van der Waals surface area contributed by atoms with E-state index in [0.29, 0.717) is 59.7 Å². The normalized spacial score (nSPS) is 11.4. The lowest BCUT2D eigenvalue weighted by atomic mass is 10.1. The van der Waals surface area contributed by atoms with Crippen molar-refractivity contribution >= 4 is 38.5 Å². The number of benzene rings is 2. The number of nitrogens with zero attached hydrogens (tertiary/aromatic N) is 3. The predicted octanol–water partition coefficient (Wildman–Crippen LogP) is 3.35. The molecule has 0 fully saturated rings. The van der Waals surface area contributed by atoms with Gasteiger partial charge in [0.05, 0.1) is 27.4 Å². The van der Waals surface area contributed by atoms with E-state index < -0.39 is 20.9 Å². The molecule has 2 aromatic carbocycles. The van der Waals surface area contributed by atoms with Gasteiger partial charge in [-0.1, -0.05) is 18.2 Å². The number of ether oxygens (including phenoxy) is 4. The first-order chi connectivity index (χ1) is 17.7. The van der Waals surface area contributed by atoms with Gasteiger partial charge in [-0.3, -0.25) is 10.1 Å². The number of hydrogen-bond acceptors (Lipinski definition) is 11. The summed E-state index contributed by atoms with van der Waals surface area (Å²) in [7, 11) is -0.550. The van der Waals surface area contributed by atoms with Crippen LogP contribution in [0.4, 0.5) is 5.13 Å². The molecule has 194 valence electrons. The zero-order chi connectivity index (χ0) is 26.8. The molecular formula is C24H24N4O7S2. The van der Waals surface area contributed by atoms with Gasteiger partial charge >= 0.3 is 0 Å². The van der Waals surface area contributed by atoms with Gasteiger partial charge in [0.15, 0.2) is 23.0 Å². The third kappa shape index (κ3) is 7.66. The summed E-state index contributed by atoms with van der Waals surface area (Å²) in [6, 6.07) is 14.1. The van der Waals surface area contributed by atoms with Crippen LogP contribution < -0.4 is 24.3 Å². The van der Waals surface area contributed by atoms with Crippen LogP contribution in [0, 0.1) is 11.3 Å². The van der Waals surface area contributed by atoms with E-state index in [0.717, 1.165) is 6.26 Å². The standard InChI is InChI=1S/C24H24N4O7S2/c1-32-18-7-4-5-8-19(18)34-11-6-12-35-20-10-9-16(14-21(20)33-2)13-17(15-25)22(29)26-23-27-24(28-36-23)37(3,30)31/h4-5,7-10,13-14H,6,11-12H2,1-3H3,(H,26,27,28,29)/b17-13-. The number of methoxy groups -OCH3 is 2. The van der Waals surface area contributed by atoms with Crippen LogP contribution in [0.1, 0.15) is 12.0 Å². The van der Waals surface area contributed by atoms with E-state index in [-0.39, 0.29) is 10.7 Å². The molecule has 13 heteroatoms. The number of anilines is 1. The maximum Gasteiger partial charge on any atom is 0.268 e. The SMILES string of the molecule is COc1ccccc1OCCCOc1ccc(/C=C(/C#N)C(=O)Nc2nc(S(C)(=O)=O)ns2)cc1OC. The Morgan fingerprint density at radius 2 is 1.70 bits per heavy atom. The molecule has 0 aliphatic carbocycles. The minimum atomic E-state index is -3.61. The Balaban J connectivity index is 1.60. The quantitative estimate of drug-likeness (QED) is 0.204. The maximum absolute atomic E-state index is 12.5. The number of carbonyl (C=O) groups excluding carboxylic acids is 1. The fourth-order valence-corrected chi connectivity index (χ4v) is 4.38. The lowest BCUT2D eigenvalue weighted by Gasteiger charge is -2.13. The highest BCUT2D eigenvalue weighted by Gasteiger charge is 2.18. The van der Waals surface area contributed by atoms with Crippen molar-refractivity contribution in [2.75, 3.05) is 39.0 Å². The van der Waals surface area contributed by atoms with Gasteiger partial charge in [0, 0.05) is 24.2 Å². The second-order valence-corrected chi connectivity index (χ2v) is 10.1. The molecule has 0 atom stereocenters. The van der Waals surface area contributed by atoms with Crippen LogP contribution in [0.2, 0.25) is 0 Å². The summed E-state index contributed by atoms with van der Waals surface area (Å²) in [5.41, 5.74) is 0.296. The molecule has 11 nitrogen and oxygen atoms in total. The van der Waals surface area contributed by atoms with Crippen LogP contribution >= 0.6 is 11.5 Å². The molecule has 3 aromatic rings. The van der Waals surface area contributed by atoms with Gasteiger partial charge in [0.25, 0.3) is 11.1 Å². The predicted molar refractivity (Wildman–Crippen MR) is 137 cm³/mol. The number of carbonyl (C=O) groups is 1. The molecule has 0 unspecified atom stereocenters. The number of nitriles is 1. The van der Waals surface area contributed by atoms with Crippen LogP contribution in [0.5, 0.6) is 23.0 Å². The summed E-state index contributed by atoms with van der Waals surface area (Å²) in [4.78, 5) is 16.2. The summed E-state index contributed by atoms with van der Waals surface area (Å²) in [6.45, 7) is 0.786. The average Bonchev–Trinajstić information content (AvgIpc) is 3.36. The van der Waals surface area contributed by atoms with Gasteiger partial charge in [-0.2, -0.15) is 14.6 Å². The van der Waals surface area contributed by atoms with Crippen molar-refractivity contribution in [3.05, 3.63) is 53.6 Å². The molecule has 1 heterocycles. The van der Waals surface area contributed by atoms with Crippen LogP contribution in [0.3, 0.4) is 0 Å². The first kappa shape index (κ1) is 27.4. The maximum atomic E-state index is 12.5. The molecule has 1 aromatic heterocycles. The number of rotatable bonds is 12. The van der Waals surface area contributed by atoms with Crippen LogP contribution in [0.25, 0.3) is 6.08 Å². The van der Waals surface area contributed by atoms with E-state index in [1.54, 1.807) is 25.3 Å². The third-order valence-corrected chi connectivity index (χ3v) is 6.29. The minimum absolute atomic E-state index is 0.0393.